The minimum atomic E-state index is 0.220. The van der Waals surface area contributed by atoms with Crippen LogP contribution >= 0.6 is 0 Å². The number of aromatic nitrogens is 1. The predicted molar refractivity (Wildman–Crippen MR) is 68.6 cm³/mol. The number of nitrogens with zero attached hydrogens (tertiary/aromatic N) is 2. The molecule has 1 saturated heterocycles. The molecule has 1 atom stereocenters. The van der Waals surface area contributed by atoms with E-state index in [2.05, 4.69) is 9.98 Å². The average molecular weight is 245 g/mol. The quantitative estimate of drug-likeness (QED) is 0.660. The first kappa shape index (κ1) is 11.2. The van der Waals surface area contributed by atoms with Crippen molar-refractivity contribution < 1.29 is 9.15 Å². The van der Waals surface area contributed by atoms with E-state index in [1.807, 2.05) is 18.2 Å². The Balaban J connectivity index is 1.77. The van der Waals surface area contributed by atoms with E-state index >= 15 is 0 Å². The largest absolute Gasteiger partial charge is 0.443 e. The highest BCUT2D eigenvalue weighted by Gasteiger charge is 2.14. The first-order valence-corrected chi connectivity index (χ1v) is 6.08. The summed E-state index contributed by atoms with van der Waals surface area (Å²) in [7, 11) is 0. The molecule has 1 aliphatic rings. The van der Waals surface area contributed by atoms with Crippen LogP contribution in [0, 0.1) is 0 Å². The molecule has 18 heavy (non-hydrogen) atoms. The fraction of sp³-hybridized carbons (Fsp3) is 0.385. The fourth-order valence-corrected chi connectivity index (χ4v) is 2.09. The lowest BCUT2D eigenvalue weighted by molar-refractivity contribution is 0.118. The van der Waals surface area contributed by atoms with Crippen LogP contribution in [0.3, 0.4) is 0 Å². The van der Waals surface area contributed by atoms with Gasteiger partial charge in [0.25, 0.3) is 0 Å². The molecule has 1 fully saturated rings. The van der Waals surface area contributed by atoms with Crippen LogP contribution in [-0.4, -0.2) is 30.1 Å². The number of rotatable bonds is 3. The number of fused-ring (bicyclic) bond motifs is 1. The molecule has 0 bridgehead atoms. The third kappa shape index (κ3) is 2.22. The standard InChI is InChI=1S/C13H15N3O2/c14-13(15-7-10-2-1-5-17-10)9-3-4-11-12(6-9)18-8-16-11/h3-4,6,8,10H,1-2,5,7H2,(H2,14,15). The summed E-state index contributed by atoms with van der Waals surface area (Å²) < 4.78 is 10.7. The van der Waals surface area contributed by atoms with E-state index in [1.165, 1.54) is 6.39 Å². The van der Waals surface area contributed by atoms with Crippen molar-refractivity contribution in [1.29, 1.82) is 0 Å². The monoisotopic (exact) mass is 245 g/mol. The van der Waals surface area contributed by atoms with Crippen molar-refractivity contribution in [2.24, 2.45) is 10.7 Å². The van der Waals surface area contributed by atoms with Crippen LogP contribution in [0.2, 0.25) is 0 Å². The summed E-state index contributed by atoms with van der Waals surface area (Å²) in [6.45, 7) is 1.46. The van der Waals surface area contributed by atoms with Crippen molar-refractivity contribution in [1.82, 2.24) is 4.98 Å². The summed E-state index contributed by atoms with van der Waals surface area (Å²) in [4.78, 5) is 8.44. The zero-order chi connectivity index (χ0) is 12.4. The van der Waals surface area contributed by atoms with Crippen molar-refractivity contribution in [3.05, 3.63) is 30.2 Å². The summed E-state index contributed by atoms with van der Waals surface area (Å²) >= 11 is 0. The SMILES string of the molecule is NC(=NCC1CCCO1)c1ccc2ncoc2c1. The Hall–Kier alpha value is -1.88. The Morgan fingerprint density at radius 3 is 3.28 bits per heavy atom. The second kappa shape index (κ2) is 4.78. The van der Waals surface area contributed by atoms with Crippen molar-refractivity contribution >= 4 is 16.9 Å². The van der Waals surface area contributed by atoms with Crippen LogP contribution < -0.4 is 5.73 Å². The summed E-state index contributed by atoms with van der Waals surface area (Å²) in [6, 6.07) is 5.64. The van der Waals surface area contributed by atoms with Crippen molar-refractivity contribution in [3.63, 3.8) is 0 Å². The Morgan fingerprint density at radius 2 is 2.44 bits per heavy atom. The molecule has 2 heterocycles. The number of amidine groups is 1. The molecule has 0 saturated carbocycles. The van der Waals surface area contributed by atoms with Crippen LogP contribution in [0.25, 0.3) is 11.1 Å². The Kier molecular flexibility index (Phi) is 2.98. The van der Waals surface area contributed by atoms with Crippen LogP contribution in [0.15, 0.2) is 34.0 Å². The molecule has 0 radical (unpaired) electrons. The fourth-order valence-electron chi connectivity index (χ4n) is 2.09. The molecule has 3 rings (SSSR count). The van der Waals surface area contributed by atoms with Gasteiger partial charge in [0.05, 0.1) is 12.6 Å². The van der Waals surface area contributed by atoms with Gasteiger partial charge in [-0.05, 0) is 31.0 Å². The van der Waals surface area contributed by atoms with Gasteiger partial charge in [-0.2, -0.15) is 0 Å². The van der Waals surface area contributed by atoms with Gasteiger partial charge in [0, 0.05) is 12.2 Å². The number of benzene rings is 1. The van der Waals surface area contributed by atoms with Crippen molar-refractivity contribution in [3.8, 4) is 0 Å². The second-order valence-corrected chi connectivity index (χ2v) is 4.40. The molecule has 1 aromatic carbocycles. The molecule has 0 amide bonds. The van der Waals surface area contributed by atoms with E-state index in [1.54, 1.807) is 0 Å². The van der Waals surface area contributed by atoms with Crippen LogP contribution in [0.5, 0.6) is 0 Å². The number of ether oxygens (including phenoxy) is 1. The minimum Gasteiger partial charge on any atom is -0.443 e. The molecule has 0 spiro atoms. The van der Waals surface area contributed by atoms with Gasteiger partial charge in [-0.15, -0.1) is 0 Å². The lowest BCUT2D eigenvalue weighted by atomic mass is 10.2. The number of oxazole rings is 1. The summed E-state index contributed by atoms with van der Waals surface area (Å²) in [5, 5.41) is 0. The van der Waals surface area contributed by atoms with Gasteiger partial charge < -0.3 is 14.9 Å². The maximum Gasteiger partial charge on any atom is 0.181 e. The van der Waals surface area contributed by atoms with E-state index < -0.39 is 0 Å². The molecule has 2 aromatic rings. The lowest BCUT2D eigenvalue weighted by Gasteiger charge is -2.06. The maximum absolute atomic E-state index is 5.97. The van der Waals surface area contributed by atoms with Crippen LogP contribution in [0.1, 0.15) is 18.4 Å². The zero-order valence-electron chi connectivity index (χ0n) is 10.0. The van der Waals surface area contributed by atoms with Gasteiger partial charge >= 0.3 is 0 Å². The van der Waals surface area contributed by atoms with E-state index in [4.69, 9.17) is 14.9 Å². The lowest BCUT2D eigenvalue weighted by Crippen LogP contribution is -2.17. The molecular weight excluding hydrogens is 230 g/mol. The van der Waals surface area contributed by atoms with E-state index in [0.29, 0.717) is 12.4 Å². The van der Waals surface area contributed by atoms with Gasteiger partial charge in [0.15, 0.2) is 12.0 Å². The highest BCUT2D eigenvalue weighted by molar-refractivity contribution is 5.99. The predicted octanol–water partition coefficient (Wildman–Crippen LogP) is 1.71. The van der Waals surface area contributed by atoms with Gasteiger partial charge in [0.1, 0.15) is 11.4 Å². The van der Waals surface area contributed by atoms with Gasteiger partial charge in [0.2, 0.25) is 0 Å². The topological polar surface area (TPSA) is 73.6 Å². The van der Waals surface area contributed by atoms with Crippen molar-refractivity contribution in [2.75, 3.05) is 13.2 Å². The van der Waals surface area contributed by atoms with Crippen molar-refractivity contribution in [2.45, 2.75) is 18.9 Å². The van der Waals surface area contributed by atoms with Crippen LogP contribution in [-0.2, 0) is 4.74 Å². The van der Waals surface area contributed by atoms with Crippen LogP contribution in [0.4, 0.5) is 0 Å². The summed E-state index contributed by atoms with van der Waals surface area (Å²) in [5.41, 5.74) is 8.37. The number of nitrogens with two attached hydrogens (primary N) is 1. The maximum atomic E-state index is 5.97. The molecule has 1 aromatic heterocycles. The third-order valence-electron chi connectivity index (χ3n) is 3.12. The average Bonchev–Trinajstić information content (AvgIpc) is 3.05. The van der Waals surface area contributed by atoms with Gasteiger partial charge in [-0.25, -0.2) is 4.98 Å². The molecule has 94 valence electrons. The molecule has 2 N–H and O–H groups in total. The summed E-state index contributed by atoms with van der Waals surface area (Å²) in [5.74, 6) is 0.517. The zero-order valence-corrected chi connectivity index (χ0v) is 10.0. The summed E-state index contributed by atoms with van der Waals surface area (Å²) in [6.07, 6.45) is 3.83. The van der Waals surface area contributed by atoms with Gasteiger partial charge in [-0.1, -0.05) is 0 Å². The molecule has 5 nitrogen and oxygen atoms in total. The first-order chi connectivity index (χ1) is 8.83. The number of hydrogen-bond acceptors (Lipinski definition) is 4. The third-order valence-corrected chi connectivity index (χ3v) is 3.12. The molecular formula is C13H15N3O2. The molecule has 1 aliphatic heterocycles. The second-order valence-electron chi connectivity index (χ2n) is 4.40. The first-order valence-electron chi connectivity index (χ1n) is 6.08. The highest BCUT2D eigenvalue weighted by atomic mass is 16.5. The van der Waals surface area contributed by atoms with E-state index in [-0.39, 0.29) is 6.10 Å². The van der Waals surface area contributed by atoms with E-state index in [9.17, 15) is 0 Å². The minimum absolute atomic E-state index is 0.220. The van der Waals surface area contributed by atoms with Gasteiger partial charge in [-0.3, -0.25) is 4.99 Å². The number of hydrogen-bond donors (Lipinski definition) is 1. The highest BCUT2D eigenvalue weighted by Crippen LogP contribution is 2.15. The molecule has 5 heteroatoms. The Labute approximate surface area is 105 Å². The number of aliphatic imine (C=N–C) groups is 1. The molecule has 0 aliphatic carbocycles. The van der Waals surface area contributed by atoms with E-state index in [0.717, 1.165) is 36.1 Å². The smallest absolute Gasteiger partial charge is 0.181 e. The molecule has 1 unspecified atom stereocenters. The Bertz CT molecular complexity index is 570. The normalized spacial score (nSPS) is 20.7. The Morgan fingerprint density at radius 1 is 1.50 bits per heavy atom.